The first kappa shape index (κ1) is 9.39. The van der Waals surface area contributed by atoms with Gasteiger partial charge in [-0.15, -0.1) is 10.2 Å². The zero-order valence-corrected chi connectivity index (χ0v) is 8.77. The third-order valence-corrected chi connectivity index (χ3v) is 3.97. The molecule has 1 fully saturated rings. The van der Waals surface area contributed by atoms with Gasteiger partial charge in [0.1, 0.15) is 5.01 Å². The summed E-state index contributed by atoms with van der Waals surface area (Å²) in [7, 11) is 0. The summed E-state index contributed by atoms with van der Waals surface area (Å²) in [6, 6.07) is 0. The predicted octanol–water partition coefficient (Wildman–Crippen LogP) is 0.698. The minimum absolute atomic E-state index is 0.118. The van der Waals surface area contributed by atoms with Crippen LogP contribution in [0.15, 0.2) is 4.34 Å². The number of rotatable bonds is 2. The van der Waals surface area contributed by atoms with Gasteiger partial charge in [-0.1, -0.05) is 23.1 Å². The van der Waals surface area contributed by atoms with Gasteiger partial charge in [0, 0.05) is 0 Å². The SMILES string of the molecule is Cc1nnc(SC2COCC2O)s1. The first-order valence-electron chi connectivity index (χ1n) is 3.98. The summed E-state index contributed by atoms with van der Waals surface area (Å²) in [5.41, 5.74) is 0. The van der Waals surface area contributed by atoms with Crippen LogP contribution in [0.25, 0.3) is 0 Å². The van der Waals surface area contributed by atoms with E-state index in [-0.39, 0.29) is 11.4 Å². The number of hydrogen-bond acceptors (Lipinski definition) is 6. The third kappa shape index (κ3) is 2.19. The number of aryl methyl sites for hydroxylation is 1. The molecule has 6 heteroatoms. The average molecular weight is 218 g/mol. The lowest BCUT2D eigenvalue weighted by molar-refractivity contribution is 0.127. The van der Waals surface area contributed by atoms with Crippen LogP contribution in [-0.2, 0) is 4.74 Å². The molecular weight excluding hydrogens is 208 g/mol. The Hall–Kier alpha value is -0.170. The number of ether oxygens (including phenoxy) is 1. The second-order valence-electron chi connectivity index (χ2n) is 2.85. The second kappa shape index (κ2) is 3.91. The van der Waals surface area contributed by atoms with E-state index in [1.165, 1.54) is 0 Å². The van der Waals surface area contributed by atoms with Gasteiger partial charge in [-0.2, -0.15) is 0 Å². The van der Waals surface area contributed by atoms with Gasteiger partial charge < -0.3 is 9.84 Å². The summed E-state index contributed by atoms with van der Waals surface area (Å²) >= 11 is 3.10. The molecule has 0 spiro atoms. The van der Waals surface area contributed by atoms with Gasteiger partial charge in [0.15, 0.2) is 4.34 Å². The van der Waals surface area contributed by atoms with Crippen LogP contribution in [0.5, 0.6) is 0 Å². The zero-order valence-electron chi connectivity index (χ0n) is 7.14. The fraction of sp³-hybridized carbons (Fsp3) is 0.714. The monoisotopic (exact) mass is 218 g/mol. The molecule has 1 aromatic rings. The topological polar surface area (TPSA) is 55.2 Å². The Bertz CT molecular complexity index is 292. The lowest BCUT2D eigenvalue weighted by Crippen LogP contribution is -2.19. The van der Waals surface area contributed by atoms with Crippen molar-refractivity contribution in [1.29, 1.82) is 0 Å². The van der Waals surface area contributed by atoms with E-state index in [2.05, 4.69) is 10.2 Å². The molecule has 0 saturated carbocycles. The molecule has 1 N–H and O–H groups in total. The van der Waals surface area contributed by atoms with Gasteiger partial charge in [-0.25, -0.2) is 0 Å². The quantitative estimate of drug-likeness (QED) is 0.792. The summed E-state index contributed by atoms with van der Waals surface area (Å²) in [5.74, 6) is 0. The first-order chi connectivity index (χ1) is 6.25. The molecule has 1 aliphatic heterocycles. The molecule has 0 aromatic carbocycles. The molecular formula is C7H10N2O2S2. The van der Waals surface area contributed by atoms with Gasteiger partial charge in [0.25, 0.3) is 0 Å². The lowest BCUT2D eigenvalue weighted by Gasteiger charge is -2.07. The molecule has 1 saturated heterocycles. The summed E-state index contributed by atoms with van der Waals surface area (Å²) in [6.07, 6.45) is -0.366. The van der Waals surface area contributed by atoms with Crippen molar-refractivity contribution in [2.75, 3.05) is 13.2 Å². The van der Waals surface area contributed by atoms with E-state index in [4.69, 9.17) is 4.74 Å². The molecule has 2 unspecified atom stereocenters. The van der Waals surface area contributed by atoms with Gasteiger partial charge >= 0.3 is 0 Å². The molecule has 13 heavy (non-hydrogen) atoms. The lowest BCUT2D eigenvalue weighted by atomic mass is 10.3. The van der Waals surface area contributed by atoms with Crippen LogP contribution in [0.2, 0.25) is 0 Å². The number of aliphatic hydroxyl groups excluding tert-OH is 1. The van der Waals surface area contributed by atoms with Gasteiger partial charge in [0.2, 0.25) is 0 Å². The van der Waals surface area contributed by atoms with Crippen molar-refractivity contribution in [3.8, 4) is 0 Å². The van der Waals surface area contributed by atoms with Crippen LogP contribution in [0.1, 0.15) is 5.01 Å². The van der Waals surface area contributed by atoms with Gasteiger partial charge in [0.05, 0.1) is 24.6 Å². The molecule has 2 atom stereocenters. The Kier molecular flexibility index (Phi) is 2.83. The summed E-state index contributed by atoms with van der Waals surface area (Å²) < 4.78 is 6.04. The van der Waals surface area contributed by atoms with E-state index in [1.807, 2.05) is 6.92 Å². The highest BCUT2D eigenvalue weighted by atomic mass is 32.2. The highest BCUT2D eigenvalue weighted by Gasteiger charge is 2.28. The largest absolute Gasteiger partial charge is 0.389 e. The van der Waals surface area contributed by atoms with Crippen molar-refractivity contribution in [2.24, 2.45) is 0 Å². The molecule has 0 radical (unpaired) electrons. The maximum Gasteiger partial charge on any atom is 0.174 e. The Morgan fingerprint density at radius 3 is 2.92 bits per heavy atom. The molecule has 72 valence electrons. The minimum Gasteiger partial charge on any atom is -0.389 e. The van der Waals surface area contributed by atoms with Crippen LogP contribution in [-0.4, -0.2) is 39.9 Å². The van der Waals surface area contributed by atoms with Gasteiger partial charge in [-0.05, 0) is 6.92 Å². The second-order valence-corrected chi connectivity index (χ2v) is 5.52. The van der Waals surface area contributed by atoms with Gasteiger partial charge in [-0.3, -0.25) is 0 Å². The van der Waals surface area contributed by atoms with E-state index < -0.39 is 0 Å². The standard InChI is InChI=1S/C7H10N2O2S2/c1-4-8-9-7(12-4)13-6-3-11-2-5(6)10/h5-6,10H,2-3H2,1H3. The zero-order chi connectivity index (χ0) is 9.26. The molecule has 4 nitrogen and oxygen atoms in total. The van der Waals surface area contributed by atoms with Crippen LogP contribution < -0.4 is 0 Å². The number of aliphatic hydroxyl groups is 1. The van der Waals surface area contributed by atoms with Crippen LogP contribution in [0.4, 0.5) is 0 Å². The predicted molar refractivity (Wildman–Crippen MR) is 51.1 cm³/mol. The smallest absolute Gasteiger partial charge is 0.174 e. The number of nitrogens with zero attached hydrogens (tertiary/aromatic N) is 2. The van der Waals surface area contributed by atoms with Crippen molar-refractivity contribution < 1.29 is 9.84 Å². The Labute approximate surface area is 84.3 Å². The molecule has 0 amide bonds. The van der Waals surface area contributed by atoms with Crippen molar-refractivity contribution in [3.05, 3.63) is 5.01 Å². The number of hydrogen-bond donors (Lipinski definition) is 1. The number of aromatic nitrogens is 2. The van der Waals surface area contributed by atoms with E-state index in [9.17, 15) is 5.11 Å². The normalized spacial score (nSPS) is 28.2. The van der Waals surface area contributed by atoms with Crippen molar-refractivity contribution in [2.45, 2.75) is 22.6 Å². The Balaban J connectivity index is 1.97. The van der Waals surface area contributed by atoms with E-state index in [1.54, 1.807) is 23.1 Å². The minimum atomic E-state index is -0.366. The highest BCUT2D eigenvalue weighted by Crippen LogP contribution is 2.30. The van der Waals surface area contributed by atoms with Crippen molar-refractivity contribution in [1.82, 2.24) is 10.2 Å². The van der Waals surface area contributed by atoms with Crippen molar-refractivity contribution in [3.63, 3.8) is 0 Å². The first-order valence-corrected chi connectivity index (χ1v) is 5.68. The molecule has 2 rings (SSSR count). The molecule has 1 aromatic heterocycles. The van der Waals surface area contributed by atoms with E-state index >= 15 is 0 Å². The molecule has 1 aliphatic rings. The summed E-state index contributed by atoms with van der Waals surface area (Å²) in [6.45, 7) is 2.96. The van der Waals surface area contributed by atoms with Crippen LogP contribution in [0, 0.1) is 6.92 Å². The van der Waals surface area contributed by atoms with Crippen LogP contribution in [0.3, 0.4) is 0 Å². The van der Waals surface area contributed by atoms with Crippen LogP contribution >= 0.6 is 23.1 Å². The molecule has 0 bridgehead atoms. The maximum absolute atomic E-state index is 9.47. The third-order valence-electron chi connectivity index (χ3n) is 1.76. The van der Waals surface area contributed by atoms with E-state index in [0.29, 0.717) is 13.2 Å². The summed E-state index contributed by atoms with van der Waals surface area (Å²) in [5, 5.41) is 18.4. The van der Waals surface area contributed by atoms with E-state index in [0.717, 1.165) is 9.35 Å². The molecule has 0 aliphatic carbocycles. The molecule has 2 heterocycles. The fourth-order valence-electron chi connectivity index (χ4n) is 1.09. The highest BCUT2D eigenvalue weighted by molar-refractivity contribution is 8.01. The average Bonchev–Trinajstić information content (AvgIpc) is 2.64. The Morgan fingerprint density at radius 2 is 2.38 bits per heavy atom. The maximum atomic E-state index is 9.47. The fourth-order valence-corrected chi connectivity index (χ4v) is 3.18. The summed E-state index contributed by atoms with van der Waals surface area (Å²) in [4.78, 5) is 0. The Morgan fingerprint density at radius 1 is 1.54 bits per heavy atom. The van der Waals surface area contributed by atoms with Crippen molar-refractivity contribution >= 4 is 23.1 Å². The number of thioether (sulfide) groups is 1.